The Morgan fingerprint density at radius 3 is 2.56 bits per heavy atom. The standard InChI is InChI=1S/C23H21ClN4O4/c1-13-12-27(7-8-28(13)23(31)32)22(30)16-5-6-17-18(24)11-19(26-20(17)10-16)14-3-2-4-15(9-14)21(25)29/h2-6,9-11,13H,7-8,12H2,1H3,(H2,25,29)(H,31,32)/t13-/m1/s1. The van der Waals surface area contributed by atoms with Crippen LogP contribution in [0.4, 0.5) is 4.79 Å². The van der Waals surface area contributed by atoms with E-state index in [1.54, 1.807) is 60.4 Å². The van der Waals surface area contributed by atoms with Crippen molar-refractivity contribution >= 4 is 40.4 Å². The summed E-state index contributed by atoms with van der Waals surface area (Å²) in [5, 5.41) is 10.4. The van der Waals surface area contributed by atoms with Gasteiger partial charge in [-0.1, -0.05) is 29.8 Å². The molecule has 0 radical (unpaired) electrons. The maximum Gasteiger partial charge on any atom is 0.407 e. The highest BCUT2D eigenvalue weighted by molar-refractivity contribution is 6.35. The van der Waals surface area contributed by atoms with E-state index in [0.717, 1.165) is 0 Å². The van der Waals surface area contributed by atoms with Crippen LogP contribution >= 0.6 is 11.6 Å². The van der Waals surface area contributed by atoms with Crippen molar-refractivity contribution in [3.63, 3.8) is 0 Å². The van der Waals surface area contributed by atoms with E-state index in [1.807, 2.05) is 0 Å². The van der Waals surface area contributed by atoms with Crippen molar-refractivity contribution in [1.29, 1.82) is 0 Å². The van der Waals surface area contributed by atoms with Crippen molar-refractivity contribution in [2.75, 3.05) is 19.6 Å². The summed E-state index contributed by atoms with van der Waals surface area (Å²) in [5.74, 6) is -0.730. The summed E-state index contributed by atoms with van der Waals surface area (Å²) in [6, 6.07) is 13.3. The molecule has 1 fully saturated rings. The van der Waals surface area contributed by atoms with Crippen molar-refractivity contribution < 1.29 is 19.5 Å². The molecule has 0 unspecified atom stereocenters. The molecule has 0 bridgehead atoms. The number of primary amides is 1. The van der Waals surface area contributed by atoms with Crippen LogP contribution in [0.5, 0.6) is 0 Å². The number of fused-ring (bicyclic) bond motifs is 1. The Hall–Kier alpha value is -3.65. The first-order valence-corrected chi connectivity index (χ1v) is 10.4. The lowest BCUT2D eigenvalue weighted by molar-refractivity contribution is 0.0507. The molecule has 0 aliphatic carbocycles. The number of nitrogens with two attached hydrogens (primary N) is 1. The minimum atomic E-state index is -0.984. The molecule has 1 aliphatic rings. The van der Waals surface area contributed by atoms with E-state index < -0.39 is 12.0 Å². The molecule has 3 N–H and O–H groups in total. The van der Waals surface area contributed by atoms with E-state index in [9.17, 15) is 19.5 Å². The van der Waals surface area contributed by atoms with Crippen molar-refractivity contribution in [1.82, 2.24) is 14.8 Å². The minimum Gasteiger partial charge on any atom is -0.465 e. The van der Waals surface area contributed by atoms with Crippen molar-refractivity contribution in [2.24, 2.45) is 5.73 Å². The molecular weight excluding hydrogens is 432 g/mol. The average molecular weight is 453 g/mol. The van der Waals surface area contributed by atoms with Crippen LogP contribution in [-0.4, -0.2) is 63.5 Å². The third-order valence-electron chi connectivity index (χ3n) is 5.61. The zero-order valence-corrected chi connectivity index (χ0v) is 18.0. The average Bonchev–Trinajstić information content (AvgIpc) is 2.77. The number of nitrogens with zero attached hydrogens (tertiary/aromatic N) is 3. The second-order valence-electron chi connectivity index (χ2n) is 7.74. The molecule has 1 aromatic heterocycles. The number of hydrogen-bond acceptors (Lipinski definition) is 4. The van der Waals surface area contributed by atoms with E-state index in [0.29, 0.717) is 51.4 Å². The van der Waals surface area contributed by atoms with E-state index in [4.69, 9.17) is 17.3 Å². The lowest BCUT2D eigenvalue weighted by Gasteiger charge is -2.38. The third-order valence-corrected chi connectivity index (χ3v) is 5.92. The lowest BCUT2D eigenvalue weighted by atomic mass is 10.0. The fourth-order valence-corrected chi connectivity index (χ4v) is 4.17. The van der Waals surface area contributed by atoms with Gasteiger partial charge in [0, 0.05) is 47.8 Å². The molecular formula is C23H21ClN4O4. The van der Waals surface area contributed by atoms with Crippen LogP contribution in [0.15, 0.2) is 48.5 Å². The highest BCUT2D eigenvalue weighted by Crippen LogP contribution is 2.29. The maximum atomic E-state index is 13.1. The van der Waals surface area contributed by atoms with E-state index in [1.165, 1.54) is 4.90 Å². The van der Waals surface area contributed by atoms with Crippen LogP contribution in [-0.2, 0) is 0 Å². The highest BCUT2D eigenvalue weighted by Gasteiger charge is 2.30. The van der Waals surface area contributed by atoms with Gasteiger partial charge >= 0.3 is 6.09 Å². The Morgan fingerprint density at radius 2 is 1.88 bits per heavy atom. The molecule has 1 atom stereocenters. The van der Waals surface area contributed by atoms with Gasteiger partial charge in [0.05, 0.1) is 16.2 Å². The number of halogens is 1. The number of pyridine rings is 1. The van der Waals surface area contributed by atoms with Crippen molar-refractivity contribution in [3.8, 4) is 11.3 Å². The monoisotopic (exact) mass is 452 g/mol. The van der Waals surface area contributed by atoms with Gasteiger partial charge in [-0.05, 0) is 37.3 Å². The minimum absolute atomic E-state index is 0.192. The van der Waals surface area contributed by atoms with Crippen molar-refractivity contribution in [2.45, 2.75) is 13.0 Å². The van der Waals surface area contributed by atoms with Crippen LogP contribution in [0.3, 0.4) is 0 Å². The Morgan fingerprint density at radius 1 is 1.09 bits per heavy atom. The molecule has 0 spiro atoms. The molecule has 1 aliphatic heterocycles. The van der Waals surface area contributed by atoms with E-state index >= 15 is 0 Å². The molecule has 0 saturated carbocycles. The molecule has 9 heteroatoms. The van der Waals surface area contributed by atoms with Gasteiger partial charge in [-0.25, -0.2) is 9.78 Å². The number of carbonyl (C=O) groups excluding carboxylic acids is 2. The Balaban J connectivity index is 1.66. The van der Waals surface area contributed by atoms with Gasteiger partial charge in [0.15, 0.2) is 0 Å². The molecule has 3 aromatic rings. The fraction of sp³-hybridized carbons (Fsp3) is 0.217. The molecule has 3 amide bonds. The predicted octanol–water partition coefficient (Wildman–Crippen LogP) is 3.48. The van der Waals surface area contributed by atoms with Gasteiger partial charge in [0.25, 0.3) is 5.91 Å². The van der Waals surface area contributed by atoms with Gasteiger partial charge < -0.3 is 20.6 Å². The fourth-order valence-electron chi connectivity index (χ4n) is 3.91. The zero-order valence-electron chi connectivity index (χ0n) is 17.3. The molecule has 8 nitrogen and oxygen atoms in total. The lowest BCUT2D eigenvalue weighted by Crippen LogP contribution is -2.55. The SMILES string of the molecule is C[C@@H]1CN(C(=O)c2ccc3c(Cl)cc(-c4cccc(C(N)=O)c4)nc3c2)CCN1C(=O)O. The number of rotatable bonds is 3. The van der Waals surface area contributed by atoms with Gasteiger partial charge in [-0.15, -0.1) is 0 Å². The summed E-state index contributed by atoms with van der Waals surface area (Å²) < 4.78 is 0. The van der Waals surface area contributed by atoms with Crippen LogP contribution in [0.25, 0.3) is 22.2 Å². The number of carbonyl (C=O) groups is 3. The molecule has 4 rings (SSSR count). The summed E-state index contributed by atoms with van der Waals surface area (Å²) in [5.41, 5.74) is 7.96. The molecule has 32 heavy (non-hydrogen) atoms. The Labute approximate surface area is 189 Å². The van der Waals surface area contributed by atoms with Crippen LogP contribution in [0.1, 0.15) is 27.6 Å². The van der Waals surface area contributed by atoms with Crippen LogP contribution in [0.2, 0.25) is 5.02 Å². The largest absolute Gasteiger partial charge is 0.465 e. The molecule has 2 heterocycles. The van der Waals surface area contributed by atoms with Crippen molar-refractivity contribution in [3.05, 3.63) is 64.7 Å². The van der Waals surface area contributed by atoms with Gasteiger partial charge in [-0.3, -0.25) is 9.59 Å². The molecule has 2 aromatic carbocycles. The summed E-state index contributed by atoms with van der Waals surface area (Å²) in [4.78, 5) is 43.5. The third kappa shape index (κ3) is 4.09. The van der Waals surface area contributed by atoms with Crippen LogP contribution < -0.4 is 5.73 Å². The molecule has 164 valence electrons. The topological polar surface area (TPSA) is 117 Å². The number of aromatic nitrogens is 1. The zero-order chi connectivity index (χ0) is 23.0. The van der Waals surface area contributed by atoms with E-state index in [2.05, 4.69) is 4.98 Å². The normalized spacial score (nSPS) is 16.2. The second kappa shape index (κ2) is 8.47. The highest BCUT2D eigenvalue weighted by atomic mass is 35.5. The summed E-state index contributed by atoms with van der Waals surface area (Å²) in [6.07, 6.45) is -0.984. The number of amides is 3. The van der Waals surface area contributed by atoms with Gasteiger partial charge in [0.1, 0.15) is 0 Å². The second-order valence-corrected chi connectivity index (χ2v) is 8.15. The summed E-state index contributed by atoms with van der Waals surface area (Å²) in [6.45, 7) is 2.68. The van der Waals surface area contributed by atoms with E-state index in [-0.39, 0.29) is 18.5 Å². The first kappa shape index (κ1) is 21.6. The number of hydrogen-bond donors (Lipinski definition) is 2. The molecule has 1 saturated heterocycles. The number of piperazine rings is 1. The first-order valence-electron chi connectivity index (χ1n) is 10.0. The summed E-state index contributed by atoms with van der Waals surface area (Å²) >= 11 is 6.47. The first-order chi connectivity index (χ1) is 15.2. The number of benzene rings is 2. The van der Waals surface area contributed by atoms with Crippen LogP contribution in [0, 0.1) is 0 Å². The summed E-state index contributed by atoms with van der Waals surface area (Å²) in [7, 11) is 0. The maximum absolute atomic E-state index is 13.1. The Kier molecular flexibility index (Phi) is 5.71. The van der Waals surface area contributed by atoms with Gasteiger partial charge in [0.2, 0.25) is 5.91 Å². The van der Waals surface area contributed by atoms with Gasteiger partial charge in [-0.2, -0.15) is 0 Å². The number of carboxylic acid groups (broad SMARTS) is 1. The Bertz CT molecular complexity index is 1250. The smallest absolute Gasteiger partial charge is 0.407 e. The quantitative estimate of drug-likeness (QED) is 0.631. The predicted molar refractivity (Wildman–Crippen MR) is 121 cm³/mol.